The number of benzene rings is 1. The molecule has 5 rings (SSSR count). The van der Waals surface area contributed by atoms with Crippen molar-refractivity contribution in [2.24, 2.45) is 5.41 Å². The summed E-state index contributed by atoms with van der Waals surface area (Å²) in [6, 6.07) is 7.73. The maximum atomic E-state index is 13.4. The number of carbonyl (C=O) groups excluding carboxylic acids is 1. The third kappa shape index (κ3) is 3.20. The fraction of sp³-hybridized carbons (Fsp3) is 0.348. The molecule has 3 heterocycles. The largest absolute Gasteiger partial charge is 0.421 e. The van der Waals surface area contributed by atoms with Crippen molar-refractivity contribution in [1.29, 1.82) is 0 Å². The van der Waals surface area contributed by atoms with Gasteiger partial charge in [0.05, 0.1) is 17.5 Å². The molecule has 3 aromatic heterocycles. The highest BCUT2D eigenvalue weighted by molar-refractivity contribution is 6.08. The van der Waals surface area contributed by atoms with Crippen LogP contribution in [0, 0.1) is 12.3 Å². The lowest BCUT2D eigenvalue weighted by molar-refractivity contribution is 0.0751. The van der Waals surface area contributed by atoms with E-state index in [0.717, 1.165) is 36.8 Å². The topological polar surface area (TPSA) is 97.6 Å². The lowest BCUT2D eigenvalue weighted by atomic mass is 9.71. The monoisotopic (exact) mass is 401 g/mol. The van der Waals surface area contributed by atoms with Crippen molar-refractivity contribution in [3.05, 3.63) is 48.1 Å². The van der Waals surface area contributed by atoms with Crippen LogP contribution in [0.1, 0.15) is 55.3 Å². The third-order valence-corrected chi connectivity index (χ3v) is 6.06. The van der Waals surface area contributed by atoms with Crippen LogP contribution < -0.4 is 0 Å². The number of hydrogen-bond acceptors (Lipinski definition) is 6. The van der Waals surface area contributed by atoms with E-state index in [4.69, 9.17) is 9.40 Å². The van der Waals surface area contributed by atoms with Crippen LogP contribution in [0.2, 0.25) is 0 Å². The molecule has 1 N–H and O–H groups in total. The minimum absolute atomic E-state index is 0.162. The number of H-pyrrole nitrogens is 1. The van der Waals surface area contributed by atoms with Crippen molar-refractivity contribution < 1.29 is 9.21 Å². The van der Waals surface area contributed by atoms with Crippen molar-refractivity contribution in [2.75, 3.05) is 0 Å². The highest BCUT2D eigenvalue weighted by Crippen LogP contribution is 2.39. The molecule has 1 saturated carbocycles. The number of aromatic amines is 1. The van der Waals surface area contributed by atoms with Crippen LogP contribution in [0.25, 0.3) is 33.9 Å². The number of rotatable bonds is 4. The Morgan fingerprint density at radius 3 is 2.70 bits per heavy atom. The summed E-state index contributed by atoms with van der Waals surface area (Å²) in [4.78, 5) is 25.8. The Balaban J connectivity index is 1.54. The van der Waals surface area contributed by atoms with Crippen molar-refractivity contribution in [3.63, 3.8) is 0 Å². The Morgan fingerprint density at radius 2 is 1.93 bits per heavy atom. The SMILES string of the molecule is Cc1nnc(-c2cccc(-c3cnc4[nH]cc(C(=O)C5(C)CCCCC5)c4n3)c2)o1. The van der Waals surface area contributed by atoms with E-state index in [1.807, 2.05) is 24.3 Å². The number of aryl methyl sites for hydroxylation is 1. The first-order valence-electron chi connectivity index (χ1n) is 10.3. The summed E-state index contributed by atoms with van der Waals surface area (Å²) in [5, 5.41) is 7.98. The zero-order valence-electron chi connectivity index (χ0n) is 17.1. The van der Waals surface area contributed by atoms with Crippen LogP contribution in [0.5, 0.6) is 0 Å². The molecule has 1 aliphatic carbocycles. The summed E-state index contributed by atoms with van der Waals surface area (Å²) in [5.41, 5.74) is 3.96. The van der Waals surface area contributed by atoms with Gasteiger partial charge in [-0.2, -0.15) is 0 Å². The smallest absolute Gasteiger partial charge is 0.247 e. The van der Waals surface area contributed by atoms with E-state index in [-0.39, 0.29) is 11.2 Å². The van der Waals surface area contributed by atoms with Gasteiger partial charge in [0.2, 0.25) is 11.8 Å². The first kappa shape index (κ1) is 18.7. The fourth-order valence-electron chi connectivity index (χ4n) is 4.31. The summed E-state index contributed by atoms with van der Waals surface area (Å²) in [6.07, 6.45) is 8.74. The molecule has 0 unspecified atom stereocenters. The maximum absolute atomic E-state index is 13.4. The Hall–Kier alpha value is -3.35. The average Bonchev–Trinajstić information content (AvgIpc) is 3.39. The van der Waals surface area contributed by atoms with E-state index in [1.165, 1.54) is 6.42 Å². The Labute approximate surface area is 174 Å². The van der Waals surface area contributed by atoms with E-state index in [1.54, 1.807) is 19.3 Å². The maximum Gasteiger partial charge on any atom is 0.247 e. The molecular weight excluding hydrogens is 378 g/mol. The predicted molar refractivity (Wildman–Crippen MR) is 113 cm³/mol. The molecule has 0 spiro atoms. The minimum Gasteiger partial charge on any atom is -0.421 e. The van der Waals surface area contributed by atoms with Crippen molar-refractivity contribution in [3.8, 4) is 22.7 Å². The van der Waals surface area contributed by atoms with Gasteiger partial charge in [-0.3, -0.25) is 4.79 Å². The normalized spacial score (nSPS) is 16.1. The van der Waals surface area contributed by atoms with Crippen LogP contribution >= 0.6 is 0 Å². The van der Waals surface area contributed by atoms with Gasteiger partial charge in [0.25, 0.3) is 0 Å². The average molecular weight is 401 g/mol. The van der Waals surface area contributed by atoms with Gasteiger partial charge < -0.3 is 9.40 Å². The summed E-state index contributed by atoms with van der Waals surface area (Å²) < 4.78 is 5.54. The Bertz CT molecular complexity index is 1230. The quantitative estimate of drug-likeness (QED) is 0.476. The highest BCUT2D eigenvalue weighted by Gasteiger charge is 2.36. The van der Waals surface area contributed by atoms with Gasteiger partial charge >= 0.3 is 0 Å². The molecule has 1 fully saturated rings. The molecule has 7 nitrogen and oxygen atoms in total. The Morgan fingerprint density at radius 1 is 1.13 bits per heavy atom. The first-order valence-corrected chi connectivity index (χ1v) is 10.3. The van der Waals surface area contributed by atoms with Crippen LogP contribution in [0.4, 0.5) is 0 Å². The second-order valence-corrected chi connectivity index (χ2v) is 8.31. The highest BCUT2D eigenvalue weighted by atomic mass is 16.4. The van der Waals surface area contributed by atoms with Gasteiger partial charge in [-0.15, -0.1) is 10.2 Å². The number of Topliss-reactive ketones (excluding diaryl/α,β-unsaturated/α-hetero) is 1. The van der Waals surface area contributed by atoms with Gasteiger partial charge in [0.1, 0.15) is 5.52 Å². The van der Waals surface area contributed by atoms with Crippen molar-refractivity contribution >= 4 is 16.9 Å². The zero-order valence-corrected chi connectivity index (χ0v) is 17.1. The zero-order chi connectivity index (χ0) is 20.7. The van der Waals surface area contributed by atoms with Gasteiger partial charge in [0.15, 0.2) is 11.4 Å². The molecule has 7 heteroatoms. The summed E-state index contributed by atoms with van der Waals surface area (Å²) in [6.45, 7) is 3.84. The molecule has 30 heavy (non-hydrogen) atoms. The Kier molecular flexibility index (Phi) is 4.46. The van der Waals surface area contributed by atoms with E-state index < -0.39 is 0 Å². The molecule has 1 aliphatic rings. The number of nitrogens with zero attached hydrogens (tertiary/aromatic N) is 4. The number of nitrogens with one attached hydrogen (secondary N) is 1. The number of hydrogen-bond donors (Lipinski definition) is 1. The van der Waals surface area contributed by atoms with Crippen molar-refractivity contribution in [2.45, 2.75) is 46.0 Å². The number of ketones is 1. The van der Waals surface area contributed by atoms with Crippen LogP contribution in [-0.2, 0) is 0 Å². The molecular formula is C23H23N5O2. The van der Waals surface area contributed by atoms with E-state index >= 15 is 0 Å². The van der Waals surface area contributed by atoms with Gasteiger partial charge in [-0.1, -0.05) is 38.3 Å². The summed E-state index contributed by atoms with van der Waals surface area (Å²) >= 11 is 0. The molecule has 0 amide bonds. The van der Waals surface area contributed by atoms with Gasteiger partial charge in [-0.05, 0) is 25.0 Å². The summed E-state index contributed by atoms with van der Waals surface area (Å²) in [7, 11) is 0. The third-order valence-electron chi connectivity index (χ3n) is 6.06. The number of carbonyl (C=O) groups is 1. The van der Waals surface area contributed by atoms with Crippen LogP contribution in [0.15, 0.2) is 41.1 Å². The second kappa shape index (κ2) is 7.16. The first-order chi connectivity index (χ1) is 14.5. The fourth-order valence-corrected chi connectivity index (χ4v) is 4.31. The lowest BCUT2D eigenvalue weighted by Gasteiger charge is -2.31. The molecule has 0 bridgehead atoms. The second-order valence-electron chi connectivity index (χ2n) is 8.31. The molecule has 1 aromatic carbocycles. The molecule has 4 aromatic rings. The number of fused-ring (bicyclic) bond motifs is 1. The van der Waals surface area contributed by atoms with E-state index in [2.05, 4.69) is 27.1 Å². The van der Waals surface area contributed by atoms with Gasteiger partial charge in [0, 0.05) is 29.7 Å². The van der Waals surface area contributed by atoms with E-state index in [9.17, 15) is 4.79 Å². The summed E-state index contributed by atoms with van der Waals surface area (Å²) in [5.74, 6) is 1.14. The standard InChI is InChI=1S/C23H23N5O2/c1-14-27-28-22(30-14)16-8-6-7-15(11-16)18-13-25-21-19(26-18)17(12-24-21)20(29)23(2)9-4-3-5-10-23/h6-8,11-13H,3-5,9-10H2,1-2H3,(H,24,25). The molecule has 0 aliphatic heterocycles. The molecule has 152 valence electrons. The van der Waals surface area contributed by atoms with Gasteiger partial charge in [-0.25, -0.2) is 9.97 Å². The molecule has 0 saturated heterocycles. The minimum atomic E-state index is -0.319. The molecule has 0 atom stereocenters. The molecule has 0 radical (unpaired) electrons. The van der Waals surface area contributed by atoms with E-state index in [0.29, 0.717) is 34.2 Å². The number of aromatic nitrogens is 5. The predicted octanol–water partition coefficient (Wildman–Crippen LogP) is 5.14. The van der Waals surface area contributed by atoms with Crippen molar-refractivity contribution in [1.82, 2.24) is 25.1 Å². The lowest BCUT2D eigenvalue weighted by Crippen LogP contribution is -2.30. The van der Waals surface area contributed by atoms with Crippen LogP contribution in [0.3, 0.4) is 0 Å². The van der Waals surface area contributed by atoms with Crippen LogP contribution in [-0.4, -0.2) is 30.9 Å².